The lowest BCUT2D eigenvalue weighted by Crippen LogP contribution is -2.26. The van der Waals surface area contributed by atoms with Crippen molar-refractivity contribution in [2.45, 2.75) is 0 Å². The van der Waals surface area contributed by atoms with Gasteiger partial charge in [-0.25, -0.2) is 9.59 Å². The quantitative estimate of drug-likeness (QED) is 0.551. The van der Waals surface area contributed by atoms with E-state index in [1.807, 2.05) is 0 Å². The van der Waals surface area contributed by atoms with Crippen molar-refractivity contribution < 1.29 is 33.4 Å². The van der Waals surface area contributed by atoms with Crippen LogP contribution < -0.4 is 15.0 Å². The van der Waals surface area contributed by atoms with Gasteiger partial charge < -0.3 is 19.1 Å². The highest BCUT2D eigenvalue weighted by Crippen LogP contribution is 2.30. The molecule has 0 bridgehead atoms. The molecule has 0 saturated heterocycles. The third-order valence-electron chi connectivity index (χ3n) is 4.95. The van der Waals surface area contributed by atoms with Crippen molar-refractivity contribution in [3.8, 4) is 11.5 Å². The second-order valence-electron chi connectivity index (χ2n) is 6.90. The minimum absolute atomic E-state index is 0.00248. The number of carbonyl (C=O) groups is 4. The molecule has 0 saturated carbocycles. The van der Waals surface area contributed by atoms with Gasteiger partial charge in [0.15, 0.2) is 0 Å². The van der Waals surface area contributed by atoms with Gasteiger partial charge in [-0.3, -0.25) is 14.9 Å². The highest BCUT2D eigenvalue weighted by Gasteiger charge is 2.28. The van der Waals surface area contributed by atoms with Crippen LogP contribution in [0.15, 0.2) is 78.2 Å². The van der Waals surface area contributed by atoms with Crippen LogP contribution in [-0.2, 0) is 19.1 Å². The van der Waals surface area contributed by atoms with Crippen LogP contribution in [0, 0.1) is 0 Å². The Balaban J connectivity index is 1.63. The van der Waals surface area contributed by atoms with Crippen molar-refractivity contribution in [2.24, 2.45) is 0 Å². The largest absolute Gasteiger partial charge is 0.465 e. The molecule has 2 aliphatic rings. The van der Waals surface area contributed by atoms with Gasteiger partial charge in [0.2, 0.25) is 0 Å². The maximum absolute atomic E-state index is 12.5. The average molecular weight is 446 g/mol. The number of anilines is 1. The predicted molar refractivity (Wildman–Crippen MR) is 117 cm³/mol. The van der Waals surface area contributed by atoms with Crippen molar-refractivity contribution in [3.05, 3.63) is 89.3 Å². The Bertz CT molecular complexity index is 1260. The van der Waals surface area contributed by atoms with Crippen LogP contribution in [0.5, 0.6) is 11.5 Å². The summed E-state index contributed by atoms with van der Waals surface area (Å²) in [6, 6.07) is 11.3. The first kappa shape index (κ1) is 21.6. The summed E-state index contributed by atoms with van der Waals surface area (Å²) in [6.45, 7) is 0. The molecule has 33 heavy (non-hydrogen) atoms. The number of rotatable bonds is 5. The molecule has 0 fully saturated rings. The standard InChI is InChI=1S/C24H18N2O7/c1-31-23(29)18-5-3-4-12-26(20(18)24(30)32-2)14-6-8-15(9-7-14)33-16-10-11-17-19(13-16)22(28)25-21(17)27/h3-13H,1-2H3,(H,25,27,28). The van der Waals surface area contributed by atoms with E-state index in [1.165, 1.54) is 37.3 Å². The number of hydrogen-bond acceptors (Lipinski definition) is 8. The predicted octanol–water partition coefficient (Wildman–Crippen LogP) is 2.85. The summed E-state index contributed by atoms with van der Waals surface area (Å²) in [5.41, 5.74) is 1.15. The van der Waals surface area contributed by atoms with Crippen molar-refractivity contribution in [3.63, 3.8) is 0 Å². The molecule has 0 spiro atoms. The van der Waals surface area contributed by atoms with Crippen molar-refractivity contribution in [1.29, 1.82) is 0 Å². The molecule has 1 N–H and O–H groups in total. The Labute approximate surface area is 188 Å². The van der Waals surface area contributed by atoms with E-state index in [0.29, 0.717) is 22.7 Å². The van der Waals surface area contributed by atoms with Gasteiger partial charge in [0.25, 0.3) is 11.8 Å². The third kappa shape index (κ3) is 4.11. The number of nitrogens with zero attached hydrogens (tertiary/aromatic N) is 1. The summed E-state index contributed by atoms with van der Waals surface area (Å²) in [5.74, 6) is -1.46. The first-order valence-corrected chi connectivity index (χ1v) is 9.75. The Kier molecular flexibility index (Phi) is 5.77. The fourth-order valence-corrected chi connectivity index (χ4v) is 3.39. The zero-order chi connectivity index (χ0) is 23.5. The lowest BCUT2D eigenvalue weighted by atomic mass is 10.1. The van der Waals surface area contributed by atoms with E-state index in [2.05, 4.69) is 5.32 Å². The molecule has 0 aliphatic carbocycles. The zero-order valence-electron chi connectivity index (χ0n) is 17.7. The van der Waals surface area contributed by atoms with Gasteiger partial charge >= 0.3 is 11.9 Å². The lowest BCUT2D eigenvalue weighted by Gasteiger charge is -2.23. The summed E-state index contributed by atoms with van der Waals surface area (Å²) in [7, 11) is 2.45. The molecule has 4 rings (SSSR count). The van der Waals surface area contributed by atoms with E-state index in [-0.39, 0.29) is 16.8 Å². The maximum Gasteiger partial charge on any atom is 0.355 e. The van der Waals surface area contributed by atoms with Crippen LogP contribution >= 0.6 is 0 Å². The fraction of sp³-hybridized carbons (Fsp3) is 0.0833. The number of hydrogen-bond donors (Lipinski definition) is 1. The normalized spacial score (nSPS) is 14.5. The Morgan fingerprint density at radius 2 is 1.48 bits per heavy atom. The van der Waals surface area contributed by atoms with E-state index in [9.17, 15) is 19.2 Å². The number of carbonyl (C=O) groups excluding carboxylic acids is 4. The Hall–Kier alpha value is -4.66. The highest BCUT2D eigenvalue weighted by atomic mass is 16.5. The molecular formula is C24H18N2O7. The third-order valence-corrected chi connectivity index (χ3v) is 4.95. The second kappa shape index (κ2) is 8.83. The number of amides is 2. The van der Waals surface area contributed by atoms with E-state index in [4.69, 9.17) is 14.2 Å². The summed E-state index contributed by atoms with van der Waals surface area (Å²) in [6.07, 6.45) is 6.37. The fourth-order valence-electron chi connectivity index (χ4n) is 3.39. The first-order chi connectivity index (χ1) is 15.9. The molecule has 0 unspecified atom stereocenters. The molecule has 9 heteroatoms. The highest BCUT2D eigenvalue weighted by molar-refractivity contribution is 6.21. The topological polar surface area (TPSA) is 111 Å². The number of methoxy groups -OCH3 is 2. The number of allylic oxidation sites excluding steroid dienone is 2. The smallest absolute Gasteiger partial charge is 0.355 e. The van der Waals surface area contributed by atoms with Gasteiger partial charge in [0.05, 0.1) is 30.9 Å². The number of fused-ring (bicyclic) bond motifs is 1. The van der Waals surface area contributed by atoms with E-state index in [0.717, 1.165) is 0 Å². The van der Waals surface area contributed by atoms with Crippen LogP contribution in [0.3, 0.4) is 0 Å². The molecule has 166 valence electrons. The summed E-state index contributed by atoms with van der Waals surface area (Å²) < 4.78 is 15.5. The molecule has 9 nitrogen and oxygen atoms in total. The van der Waals surface area contributed by atoms with Gasteiger partial charge in [-0.05, 0) is 54.6 Å². The zero-order valence-corrected chi connectivity index (χ0v) is 17.7. The molecule has 2 aliphatic heterocycles. The number of benzene rings is 2. The van der Waals surface area contributed by atoms with Gasteiger partial charge in [-0.1, -0.05) is 6.08 Å². The van der Waals surface area contributed by atoms with E-state index in [1.54, 1.807) is 48.7 Å². The number of esters is 2. The van der Waals surface area contributed by atoms with Gasteiger partial charge in [-0.15, -0.1) is 0 Å². The lowest BCUT2D eigenvalue weighted by molar-refractivity contribution is -0.139. The van der Waals surface area contributed by atoms with Crippen molar-refractivity contribution >= 4 is 29.4 Å². The molecule has 2 aromatic carbocycles. The Morgan fingerprint density at radius 3 is 2.18 bits per heavy atom. The molecular weight excluding hydrogens is 428 g/mol. The summed E-state index contributed by atoms with van der Waals surface area (Å²) >= 11 is 0. The number of ether oxygens (including phenoxy) is 3. The molecule has 2 aromatic rings. The number of imide groups is 1. The van der Waals surface area contributed by atoms with Gasteiger partial charge in [0, 0.05) is 11.9 Å². The van der Waals surface area contributed by atoms with Gasteiger partial charge in [-0.2, -0.15) is 0 Å². The van der Waals surface area contributed by atoms with Crippen LogP contribution in [-0.4, -0.2) is 38.0 Å². The van der Waals surface area contributed by atoms with Crippen LogP contribution in [0.4, 0.5) is 5.69 Å². The van der Waals surface area contributed by atoms with Gasteiger partial charge in [0.1, 0.15) is 17.2 Å². The van der Waals surface area contributed by atoms with Crippen molar-refractivity contribution in [1.82, 2.24) is 5.32 Å². The summed E-state index contributed by atoms with van der Waals surface area (Å²) in [4.78, 5) is 49.8. The SMILES string of the molecule is COC(=O)C1=C(C(=O)OC)N(c2ccc(Oc3ccc4c(c3)C(=O)NC4=O)cc2)C=CC=C1. The van der Waals surface area contributed by atoms with Crippen LogP contribution in [0.1, 0.15) is 20.7 Å². The van der Waals surface area contributed by atoms with E-state index >= 15 is 0 Å². The van der Waals surface area contributed by atoms with Crippen LogP contribution in [0.2, 0.25) is 0 Å². The molecule has 2 amide bonds. The van der Waals surface area contributed by atoms with Crippen molar-refractivity contribution in [2.75, 3.05) is 19.1 Å². The monoisotopic (exact) mass is 446 g/mol. The minimum Gasteiger partial charge on any atom is -0.465 e. The first-order valence-electron chi connectivity index (χ1n) is 9.75. The van der Waals surface area contributed by atoms with E-state index < -0.39 is 23.8 Å². The van der Waals surface area contributed by atoms with Crippen LogP contribution in [0.25, 0.3) is 0 Å². The minimum atomic E-state index is -0.710. The molecule has 0 radical (unpaired) electrons. The molecule has 2 heterocycles. The Morgan fingerprint density at radius 1 is 0.818 bits per heavy atom. The molecule has 0 aromatic heterocycles. The average Bonchev–Trinajstić information content (AvgIpc) is 2.99. The second-order valence-corrected chi connectivity index (χ2v) is 6.90. The summed E-state index contributed by atoms with van der Waals surface area (Å²) in [5, 5.41) is 2.23. The maximum atomic E-state index is 12.5. The number of nitrogens with one attached hydrogen (secondary N) is 1. The molecule has 0 atom stereocenters.